The third-order valence-electron chi connectivity index (χ3n) is 3.48. The SMILES string of the molecule is COc1cc(CNCc2cc(Br)cc3c2OCC3)ccn1. The van der Waals surface area contributed by atoms with Crippen molar-refractivity contribution in [1.29, 1.82) is 0 Å². The molecule has 0 amide bonds. The van der Waals surface area contributed by atoms with E-state index in [1.54, 1.807) is 13.3 Å². The van der Waals surface area contributed by atoms with Crippen LogP contribution in [0.4, 0.5) is 0 Å². The van der Waals surface area contributed by atoms with E-state index in [4.69, 9.17) is 9.47 Å². The highest BCUT2D eigenvalue weighted by Gasteiger charge is 2.17. The predicted octanol–water partition coefficient (Wildman–Crippen LogP) is 3.08. The summed E-state index contributed by atoms with van der Waals surface area (Å²) in [6, 6.07) is 8.18. The van der Waals surface area contributed by atoms with Gasteiger partial charge in [0.25, 0.3) is 0 Å². The van der Waals surface area contributed by atoms with Gasteiger partial charge in [0.1, 0.15) is 5.75 Å². The number of nitrogens with one attached hydrogen (secondary N) is 1. The molecule has 2 heterocycles. The second kappa shape index (κ2) is 6.45. The third kappa shape index (κ3) is 3.36. The van der Waals surface area contributed by atoms with E-state index in [0.29, 0.717) is 5.88 Å². The van der Waals surface area contributed by atoms with Crippen LogP contribution < -0.4 is 14.8 Å². The first-order valence-corrected chi connectivity index (χ1v) is 7.69. The normalized spacial score (nSPS) is 12.9. The van der Waals surface area contributed by atoms with E-state index >= 15 is 0 Å². The Bertz CT molecular complexity index is 646. The lowest BCUT2D eigenvalue weighted by atomic mass is 10.1. The van der Waals surface area contributed by atoms with E-state index in [1.807, 2.05) is 12.1 Å². The molecule has 1 aromatic heterocycles. The van der Waals surface area contributed by atoms with Crippen LogP contribution in [0.3, 0.4) is 0 Å². The summed E-state index contributed by atoms with van der Waals surface area (Å²) in [5, 5.41) is 3.44. The molecule has 0 spiro atoms. The molecule has 1 aliphatic rings. The maximum absolute atomic E-state index is 5.73. The minimum atomic E-state index is 0.640. The molecule has 21 heavy (non-hydrogen) atoms. The van der Waals surface area contributed by atoms with Gasteiger partial charge in [-0.15, -0.1) is 0 Å². The van der Waals surface area contributed by atoms with Gasteiger partial charge in [-0.25, -0.2) is 4.98 Å². The number of benzene rings is 1. The molecular formula is C16H17BrN2O2. The summed E-state index contributed by atoms with van der Waals surface area (Å²) in [6.45, 7) is 2.31. The highest BCUT2D eigenvalue weighted by atomic mass is 79.9. The fraction of sp³-hybridized carbons (Fsp3) is 0.312. The van der Waals surface area contributed by atoms with Gasteiger partial charge < -0.3 is 14.8 Å². The molecule has 0 fully saturated rings. The van der Waals surface area contributed by atoms with E-state index in [2.05, 4.69) is 38.4 Å². The summed E-state index contributed by atoms with van der Waals surface area (Å²) in [4.78, 5) is 4.11. The maximum Gasteiger partial charge on any atom is 0.213 e. The second-order valence-electron chi connectivity index (χ2n) is 4.96. The number of fused-ring (bicyclic) bond motifs is 1. The summed E-state index contributed by atoms with van der Waals surface area (Å²) in [5.41, 5.74) is 3.62. The number of halogens is 1. The van der Waals surface area contributed by atoms with Gasteiger partial charge in [-0.3, -0.25) is 0 Å². The highest BCUT2D eigenvalue weighted by molar-refractivity contribution is 9.10. The van der Waals surface area contributed by atoms with Gasteiger partial charge in [0.2, 0.25) is 5.88 Å². The molecule has 3 rings (SSSR count). The Labute approximate surface area is 132 Å². The molecule has 1 aliphatic heterocycles. The molecule has 4 nitrogen and oxygen atoms in total. The van der Waals surface area contributed by atoms with Crippen molar-refractivity contribution in [3.63, 3.8) is 0 Å². The summed E-state index contributed by atoms with van der Waals surface area (Å²) in [5.74, 6) is 1.68. The lowest BCUT2D eigenvalue weighted by Crippen LogP contribution is -2.13. The summed E-state index contributed by atoms with van der Waals surface area (Å²) >= 11 is 3.56. The standard InChI is InChI=1S/C16H17BrN2O2/c1-20-15-6-11(2-4-19-15)9-18-10-13-8-14(17)7-12-3-5-21-16(12)13/h2,4,6-8,18H,3,5,9-10H2,1H3. The first-order valence-electron chi connectivity index (χ1n) is 6.90. The predicted molar refractivity (Wildman–Crippen MR) is 84.7 cm³/mol. The molecule has 0 unspecified atom stereocenters. The molecule has 5 heteroatoms. The number of methoxy groups -OCH3 is 1. The van der Waals surface area contributed by atoms with Crippen LogP contribution in [0.5, 0.6) is 11.6 Å². The molecule has 0 radical (unpaired) electrons. The number of rotatable bonds is 5. The lowest BCUT2D eigenvalue weighted by molar-refractivity contribution is 0.352. The molecule has 1 aromatic carbocycles. The van der Waals surface area contributed by atoms with Crippen molar-refractivity contribution in [2.75, 3.05) is 13.7 Å². The van der Waals surface area contributed by atoms with Crippen LogP contribution in [-0.2, 0) is 19.5 Å². The van der Waals surface area contributed by atoms with E-state index in [1.165, 1.54) is 11.1 Å². The lowest BCUT2D eigenvalue weighted by Gasteiger charge is -2.10. The van der Waals surface area contributed by atoms with Crippen LogP contribution >= 0.6 is 15.9 Å². The molecule has 0 aliphatic carbocycles. The van der Waals surface area contributed by atoms with Crippen LogP contribution in [0.2, 0.25) is 0 Å². The van der Waals surface area contributed by atoms with E-state index in [9.17, 15) is 0 Å². The first-order chi connectivity index (χ1) is 10.3. The third-order valence-corrected chi connectivity index (χ3v) is 3.94. The van der Waals surface area contributed by atoms with Gasteiger partial charge in [-0.1, -0.05) is 15.9 Å². The Morgan fingerprint density at radius 2 is 2.24 bits per heavy atom. The van der Waals surface area contributed by atoms with Gasteiger partial charge in [-0.2, -0.15) is 0 Å². The van der Waals surface area contributed by atoms with Gasteiger partial charge in [-0.05, 0) is 29.3 Å². The maximum atomic E-state index is 5.73. The Balaban J connectivity index is 1.65. The van der Waals surface area contributed by atoms with E-state index in [-0.39, 0.29) is 0 Å². The fourth-order valence-corrected chi connectivity index (χ4v) is 3.04. The van der Waals surface area contributed by atoms with Gasteiger partial charge in [0, 0.05) is 41.8 Å². The number of aromatic nitrogens is 1. The summed E-state index contributed by atoms with van der Waals surface area (Å²) in [7, 11) is 1.63. The topological polar surface area (TPSA) is 43.4 Å². The van der Waals surface area contributed by atoms with Crippen molar-refractivity contribution in [2.24, 2.45) is 0 Å². The van der Waals surface area contributed by atoms with Crippen molar-refractivity contribution in [2.45, 2.75) is 19.5 Å². The van der Waals surface area contributed by atoms with Crippen molar-refractivity contribution in [3.8, 4) is 11.6 Å². The quantitative estimate of drug-likeness (QED) is 0.901. The number of pyridine rings is 1. The Kier molecular flexibility index (Phi) is 4.41. The van der Waals surface area contributed by atoms with Crippen LogP contribution in [0.25, 0.3) is 0 Å². The summed E-state index contributed by atoms with van der Waals surface area (Å²) in [6.07, 6.45) is 2.75. The molecule has 0 saturated carbocycles. The number of hydrogen-bond donors (Lipinski definition) is 1. The average molecular weight is 349 g/mol. The second-order valence-corrected chi connectivity index (χ2v) is 5.88. The largest absolute Gasteiger partial charge is 0.493 e. The molecule has 0 saturated heterocycles. The molecule has 0 atom stereocenters. The molecule has 110 valence electrons. The van der Waals surface area contributed by atoms with E-state index in [0.717, 1.165) is 41.9 Å². The van der Waals surface area contributed by atoms with Gasteiger partial charge in [0.05, 0.1) is 13.7 Å². The average Bonchev–Trinajstić information content (AvgIpc) is 2.95. The zero-order valence-corrected chi connectivity index (χ0v) is 13.4. The van der Waals surface area contributed by atoms with Crippen molar-refractivity contribution >= 4 is 15.9 Å². The minimum absolute atomic E-state index is 0.640. The van der Waals surface area contributed by atoms with Crippen molar-refractivity contribution in [1.82, 2.24) is 10.3 Å². The molecule has 0 bridgehead atoms. The molecule has 1 N–H and O–H groups in total. The monoisotopic (exact) mass is 348 g/mol. The van der Waals surface area contributed by atoms with Crippen LogP contribution in [0.15, 0.2) is 34.9 Å². The van der Waals surface area contributed by atoms with Crippen molar-refractivity contribution < 1.29 is 9.47 Å². The van der Waals surface area contributed by atoms with Crippen molar-refractivity contribution in [3.05, 3.63) is 51.6 Å². The number of hydrogen-bond acceptors (Lipinski definition) is 4. The first kappa shape index (κ1) is 14.4. The van der Waals surface area contributed by atoms with Crippen LogP contribution in [0, 0.1) is 0 Å². The Morgan fingerprint density at radius 1 is 1.33 bits per heavy atom. The minimum Gasteiger partial charge on any atom is -0.493 e. The number of nitrogens with zero attached hydrogens (tertiary/aromatic N) is 1. The van der Waals surface area contributed by atoms with E-state index < -0.39 is 0 Å². The zero-order valence-electron chi connectivity index (χ0n) is 11.9. The van der Waals surface area contributed by atoms with Gasteiger partial charge >= 0.3 is 0 Å². The highest BCUT2D eigenvalue weighted by Crippen LogP contribution is 2.32. The molecular weight excluding hydrogens is 332 g/mol. The smallest absolute Gasteiger partial charge is 0.213 e. The Morgan fingerprint density at radius 3 is 3.10 bits per heavy atom. The Hall–Kier alpha value is -1.59. The van der Waals surface area contributed by atoms with Gasteiger partial charge in [0.15, 0.2) is 0 Å². The zero-order chi connectivity index (χ0) is 14.7. The molecule has 2 aromatic rings. The van der Waals surface area contributed by atoms with Crippen LogP contribution in [-0.4, -0.2) is 18.7 Å². The fourth-order valence-electron chi connectivity index (χ4n) is 2.49. The summed E-state index contributed by atoms with van der Waals surface area (Å²) < 4.78 is 12.0. The van der Waals surface area contributed by atoms with Crippen LogP contribution in [0.1, 0.15) is 16.7 Å². The number of ether oxygens (including phenoxy) is 2.